The number of amides is 1. The highest BCUT2D eigenvalue weighted by molar-refractivity contribution is 5.82. The van der Waals surface area contributed by atoms with E-state index >= 15 is 0 Å². The second kappa shape index (κ2) is 6.81. The van der Waals surface area contributed by atoms with E-state index in [4.69, 9.17) is 10.5 Å². The first-order valence-electron chi connectivity index (χ1n) is 8.58. The normalized spacial score (nSPS) is 26.1. The van der Waals surface area contributed by atoms with Crippen LogP contribution in [0.25, 0.3) is 0 Å². The zero-order chi connectivity index (χ0) is 17.2. The summed E-state index contributed by atoms with van der Waals surface area (Å²) in [7, 11) is 0. The molecule has 0 radical (unpaired) electrons. The van der Waals surface area contributed by atoms with Crippen molar-refractivity contribution >= 4 is 12.1 Å². The van der Waals surface area contributed by atoms with Gasteiger partial charge in [-0.25, -0.2) is 9.59 Å². The Morgan fingerprint density at radius 2 is 1.79 bits per heavy atom. The molecule has 1 aromatic carbocycles. The number of rotatable bonds is 3. The number of likely N-dealkylation sites (tertiary alicyclic amines) is 1. The first kappa shape index (κ1) is 16.8. The first-order valence-corrected chi connectivity index (χ1v) is 8.58. The Balaban J connectivity index is 1.75. The van der Waals surface area contributed by atoms with Gasteiger partial charge in [-0.3, -0.25) is 10.6 Å². The molecule has 1 aliphatic carbocycles. The molecule has 130 valence electrons. The second-order valence-electron chi connectivity index (χ2n) is 6.76. The molecular weight excluding hydrogens is 308 g/mol. The number of carbonyl (C=O) groups is 2. The van der Waals surface area contributed by atoms with Gasteiger partial charge in [0.1, 0.15) is 6.04 Å². The highest BCUT2D eigenvalue weighted by Gasteiger charge is 2.44. The van der Waals surface area contributed by atoms with Gasteiger partial charge >= 0.3 is 12.1 Å². The number of benzene rings is 1. The smallest absolute Gasteiger partial charge is 0.408 e. The third kappa shape index (κ3) is 3.38. The first-order chi connectivity index (χ1) is 11.5. The van der Waals surface area contributed by atoms with E-state index in [1.54, 1.807) is 0 Å². The molecule has 1 amide bonds. The predicted octanol–water partition coefficient (Wildman–Crippen LogP) is 3.03. The van der Waals surface area contributed by atoms with Crippen molar-refractivity contribution in [3.63, 3.8) is 0 Å². The van der Waals surface area contributed by atoms with Gasteiger partial charge in [-0.05, 0) is 31.2 Å². The zero-order valence-electron chi connectivity index (χ0n) is 13.7. The average Bonchev–Trinajstić information content (AvgIpc) is 3.01. The standard InChI is InChI=1S/C18H24N2O4/c19-18(11-5-2-6-12-18)24-16(21)15-10-9-14(20(15)17(22)23)13-7-3-1-4-8-13/h1,3-4,7-8,14-15H,2,5-6,9-12,19H2,(H,22,23)/t14-,15+/m1/s1. The lowest BCUT2D eigenvalue weighted by Crippen LogP contribution is -2.50. The van der Waals surface area contributed by atoms with Crippen LogP contribution in [0.2, 0.25) is 0 Å². The highest BCUT2D eigenvalue weighted by Crippen LogP contribution is 2.37. The van der Waals surface area contributed by atoms with E-state index in [-0.39, 0.29) is 6.04 Å². The van der Waals surface area contributed by atoms with E-state index in [2.05, 4.69) is 0 Å². The Kier molecular flexibility index (Phi) is 4.76. The summed E-state index contributed by atoms with van der Waals surface area (Å²) in [6, 6.07) is 8.31. The van der Waals surface area contributed by atoms with Gasteiger partial charge < -0.3 is 9.84 Å². The summed E-state index contributed by atoms with van der Waals surface area (Å²) in [6.07, 6.45) is 4.21. The SMILES string of the molecule is NC1(OC(=O)[C@@H]2CC[C@H](c3ccccc3)N2C(=O)O)CCCCC1. The Hall–Kier alpha value is -2.08. The molecule has 24 heavy (non-hydrogen) atoms. The summed E-state index contributed by atoms with van der Waals surface area (Å²) in [5.41, 5.74) is 6.14. The molecule has 0 unspecified atom stereocenters. The van der Waals surface area contributed by atoms with Gasteiger partial charge in [-0.15, -0.1) is 0 Å². The molecule has 1 saturated heterocycles. The molecule has 2 atom stereocenters. The fourth-order valence-electron chi connectivity index (χ4n) is 3.83. The number of carbonyl (C=O) groups excluding carboxylic acids is 1. The quantitative estimate of drug-likeness (QED) is 0.655. The maximum absolute atomic E-state index is 12.6. The number of hydrogen-bond donors (Lipinski definition) is 2. The third-order valence-corrected chi connectivity index (χ3v) is 5.07. The van der Waals surface area contributed by atoms with Crippen molar-refractivity contribution in [1.29, 1.82) is 0 Å². The minimum atomic E-state index is -1.10. The summed E-state index contributed by atoms with van der Waals surface area (Å²) in [5, 5.41) is 9.62. The molecule has 6 nitrogen and oxygen atoms in total. The molecule has 0 aromatic heterocycles. The maximum atomic E-state index is 12.6. The molecule has 1 aromatic rings. The summed E-state index contributed by atoms with van der Waals surface area (Å²) in [6.45, 7) is 0. The molecule has 6 heteroatoms. The minimum absolute atomic E-state index is 0.318. The summed E-state index contributed by atoms with van der Waals surface area (Å²) < 4.78 is 5.56. The van der Waals surface area contributed by atoms with E-state index in [1.807, 2.05) is 30.3 Å². The number of esters is 1. The van der Waals surface area contributed by atoms with Gasteiger partial charge in [0.25, 0.3) is 0 Å². The predicted molar refractivity (Wildman–Crippen MR) is 88.2 cm³/mol. The summed E-state index contributed by atoms with van der Waals surface area (Å²) in [5.74, 6) is -0.514. The topological polar surface area (TPSA) is 92.9 Å². The summed E-state index contributed by atoms with van der Waals surface area (Å²) >= 11 is 0. The van der Waals surface area contributed by atoms with Gasteiger partial charge in [0.15, 0.2) is 5.72 Å². The van der Waals surface area contributed by atoms with Crippen LogP contribution in [0.1, 0.15) is 56.6 Å². The largest absolute Gasteiger partial charge is 0.465 e. The molecule has 0 spiro atoms. The molecule has 1 aliphatic heterocycles. The Morgan fingerprint density at radius 1 is 1.12 bits per heavy atom. The third-order valence-electron chi connectivity index (χ3n) is 5.07. The molecule has 1 saturated carbocycles. The average molecular weight is 332 g/mol. The molecular formula is C18H24N2O4. The van der Waals surface area contributed by atoms with Crippen LogP contribution in [-0.2, 0) is 9.53 Å². The van der Waals surface area contributed by atoms with E-state index < -0.39 is 23.8 Å². The second-order valence-corrected chi connectivity index (χ2v) is 6.76. The van der Waals surface area contributed by atoms with Crippen molar-refractivity contribution in [2.45, 2.75) is 62.8 Å². The van der Waals surface area contributed by atoms with Crippen molar-refractivity contribution in [1.82, 2.24) is 4.90 Å². The molecule has 1 heterocycles. The van der Waals surface area contributed by atoms with Crippen LogP contribution >= 0.6 is 0 Å². The number of carboxylic acid groups (broad SMARTS) is 1. The van der Waals surface area contributed by atoms with Crippen molar-refractivity contribution in [3.8, 4) is 0 Å². The molecule has 3 N–H and O–H groups in total. The van der Waals surface area contributed by atoms with Gasteiger partial charge in [-0.2, -0.15) is 0 Å². The van der Waals surface area contributed by atoms with Crippen LogP contribution in [0, 0.1) is 0 Å². The number of nitrogens with two attached hydrogens (primary N) is 1. The highest BCUT2D eigenvalue weighted by atomic mass is 16.6. The molecule has 2 fully saturated rings. The lowest BCUT2D eigenvalue weighted by atomic mass is 9.92. The van der Waals surface area contributed by atoms with Gasteiger partial charge in [-0.1, -0.05) is 36.8 Å². The Bertz CT molecular complexity index is 598. The fourth-order valence-corrected chi connectivity index (χ4v) is 3.83. The Morgan fingerprint density at radius 3 is 2.42 bits per heavy atom. The van der Waals surface area contributed by atoms with Crippen LogP contribution in [0.15, 0.2) is 30.3 Å². The monoisotopic (exact) mass is 332 g/mol. The van der Waals surface area contributed by atoms with E-state index in [9.17, 15) is 14.7 Å². The molecule has 2 aliphatic rings. The van der Waals surface area contributed by atoms with Gasteiger partial charge in [0.2, 0.25) is 0 Å². The number of ether oxygens (including phenoxy) is 1. The van der Waals surface area contributed by atoms with Crippen molar-refractivity contribution in [2.75, 3.05) is 0 Å². The van der Waals surface area contributed by atoms with E-state index in [1.165, 1.54) is 4.90 Å². The van der Waals surface area contributed by atoms with E-state index in [0.717, 1.165) is 24.8 Å². The lowest BCUT2D eigenvalue weighted by Gasteiger charge is -2.35. The fraction of sp³-hybridized carbons (Fsp3) is 0.556. The number of hydrogen-bond acceptors (Lipinski definition) is 4. The van der Waals surface area contributed by atoms with E-state index in [0.29, 0.717) is 25.7 Å². The van der Waals surface area contributed by atoms with Crippen LogP contribution in [0.4, 0.5) is 4.79 Å². The molecule has 3 rings (SSSR count). The van der Waals surface area contributed by atoms with Crippen molar-refractivity contribution in [2.24, 2.45) is 5.73 Å². The zero-order valence-corrected chi connectivity index (χ0v) is 13.7. The number of nitrogens with zero attached hydrogens (tertiary/aromatic N) is 1. The van der Waals surface area contributed by atoms with Gasteiger partial charge in [0.05, 0.1) is 6.04 Å². The Labute approximate surface area is 141 Å². The molecule has 0 bridgehead atoms. The minimum Gasteiger partial charge on any atom is -0.465 e. The summed E-state index contributed by atoms with van der Waals surface area (Å²) in [4.78, 5) is 25.6. The maximum Gasteiger partial charge on any atom is 0.408 e. The van der Waals surface area contributed by atoms with Crippen LogP contribution in [0.3, 0.4) is 0 Å². The van der Waals surface area contributed by atoms with Crippen LogP contribution in [0.5, 0.6) is 0 Å². The van der Waals surface area contributed by atoms with Crippen LogP contribution in [-0.4, -0.2) is 33.8 Å². The van der Waals surface area contributed by atoms with Crippen molar-refractivity contribution < 1.29 is 19.4 Å². The lowest BCUT2D eigenvalue weighted by molar-refractivity contribution is -0.168. The van der Waals surface area contributed by atoms with Crippen molar-refractivity contribution in [3.05, 3.63) is 35.9 Å². The van der Waals surface area contributed by atoms with Gasteiger partial charge in [0, 0.05) is 12.8 Å². The van der Waals surface area contributed by atoms with Crippen LogP contribution < -0.4 is 5.73 Å².